The second-order valence-electron chi connectivity index (χ2n) is 5.86. The number of carboxylic acid groups (broad SMARTS) is 1. The van der Waals surface area contributed by atoms with Crippen LogP contribution in [0.2, 0.25) is 0 Å². The Morgan fingerprint density at radius 3 is 1.41 bits per heavy atom. The van der Waals surface area contributed by atoms with E-state index in [2.05, 4.69) is 6.42 Å². The van der Waals surface area contributed by atoms with E-state index in [1.807, 2.05) is 0 Å². The smallest absolute Gasteiger partial charge is 0.381 e. The van der Waals surface area contributed by atoms with Gasteiger partial charge in [0.15, 0.2) is 0 Å². The van der Waals surface area contributed by atoms with Crippen LogP contribution in [0.4, 0.5) is 0 Å². The predicted octanol–water partition coefficient (Wildman–Crippen LogP) is 2.92. The maximum Gasteiger partial charge on any atom is 0.381 e. The number of hydrogen-bond acceptors (Lipinski definition) is 4. The van der Waals surface area contributed by atoms with Crippen LogP contribution in [-0.2, 0) is 19.1 Å². The van der Waals surface area contributed by atoms with Gasteiger partial charge in [0.25, 0.3) is 0 Å². The van der Waals surface area contributed by atoms with Gasteiger partial charge in [-0.05, 0) is 25.7 Å². The number of terminal acetylenes is 1. The Bertz CT molecular complexity index is 395. The molecular formula is C17H24O5. The number of carboxylic acids is 1. The van der Waals surface area contributed by atoms with Crippen molar-refractivity contribution >= 4 is 17.9 Å². The molecule has 2 aliphatic rings. The van der Waals surface area contributed by atoms with Crippen molar-refractivity contribution in [2.75, 3.05) is 0 Å². The molecule has 2 saturated carbocycles. The van der Waals surface area contributed by atoms with Crippen molar-refractivity contribution < 1.29 is 24.2 Å². The molecule has 5 nitrogen and oxygen atoms in total. The second kappa shape index (κ2) is 9.99. The van der Waals surface area contributed by atoms with E-state index in [9.17, 15) is 9.59 Å². The quantitative estimate of drug-likeness (QED) is 0.482. The predicted molar refractivity (Wildman–Crippen MR) is 80.7 cm³/mol. The highest BCUT2D eigenvalue weighted by Gasteiger charge is 2.28. The van der Waals surface area contributed by atoms with E-state index in [-0.39, 0.29) is 23.8 Å². The van der Waals surface area contributed by atoms with Crippen molar-refractivity contribution in [1.29, 1.82) is 0 Å². The molecule has 0 amide bonds. The molecule has 0 radical (unpaired) electrons. The fraction of sp³-hybridized carbons (Fsp3) is 0.706. The minimum Gasteiger partial charge on any atom is -0.472 e. The number of carbonyl (C=O) groups is 3. The molecule has 22 heavy (non-hydrogen) atoms. The Balaban J connectivity index is 0.000000422. The van der Waals surface area contributed by atoms with Gasteiger partial charge in [-0.2, -0.15) is 0 Å². The van der Waals surface area contributed by atoms with Crippen molar-refractivity contribution in [3.05, 3.63) is 0 Å². The first kappa shape index (κ1) is 18.2. The molecule has 0 aromatic carbocycles. The molecule has 0 heterocycles. The van der Waals surface area contributed by atoms with Crippen LogP contribution in [0.3, 0.4) is 0 Å². The van der Waals surface area contributed by atoms with Crippen LogP contribution in [0.5, 0.6) is 0 Å². The average molecular weight is 308 g/mol. The Hall–Kier alpha value is -1.83. The Morgan fingerprint density at radius 2 is 1.14 bits per heavy atom. The summed E-state index contributed by atoms with van der Waals surface area (Å²) < 4.78 is 5.05. The van der Waals surface area contributed by atoms with Gasteiger partial charge in [-0.25, -0.2) is 4.79 Å². The number of rotatable bonds is 2. The molecule has 0 saturated heterocycles. The summed E-state index contributed by atoms with van der Waals surface area (Å²) >= 11 is 0. The van der Waals surface area contributed by atoms with Gasteiger partial charge in [0.1, 0.15) is 0 Å². The monoisotopic (exact) mass is 308 g/mol. The Labute approximate surface area is 131 Å². The molecule has 2 fully saturated rings. The minimum absolute atomic E-state index is 0.0173. The van der Waals surface area contributed by atoms with Crippen molar-refractivity contribution in [2.24, 2.45) is 11.8 Å². The van der Waals surface area contributed by atoms with Crippen LogP contribution < -0.4 is 0 Å². The molecule has 5 heteroatoms. The first-order chi connectivity index (χ1) is 10.5. The number of ether oxygens (including phenoxy) is 1. The Kier molecular flexibility index (Phi) is 8.27. The van der Waals surface area contributed by atoms with Gasteiger partial charge in [0.05, 0.1) is 11.8 Å². The van der Waals surface area contributed by atoms with Crippen molar-refractivity contribution in [3.8, 4) is 12.3 Å². The zero-order chi connectivity index (χ0) is 16.4. The van der Waals surface area contributed by atoms with Gasteiger partial charge in [-0.3, -0.25) is 9.59 Å². The molecule has 0 unspecified atom stereocenters. The molecule has 2 aliphatic carbocycles. The van der Waals surface area contributed by atoms with Crippen LogP contribution in [-0.4, -0.2) is 23.0 Å². The molecule has 2 rings (SSSR count). The number of esters is 2. The normalized spacial score (nSPS) is 19.2. The van der Waals surface area contributed by atoms with Gasteiger partial charge in [0, 0.05) is 5.92 Å². The van der Waals surface area contributed by atoms with Crippen LogP contribution in [0.1, 0.15) is 64.2 Å². The Morgan fingerprint density at radius 1 is 0.818 bits per heavy atom. The van der Waals surface area contributed by atoms with Gasteiger partial charge in [0.2, 0.25) is 0 Å². The molecule has 0 aliphatic heterocycles. The molecule has 0 atom stereocenters. The highest BCUT2D eigenvalue weighted by atomic mass is 16.6. The standard InChI is InChI=1S/C14H22O3.C3H2O2/c15-13(11-7-3-1-4-8-11)17-14(16)12-9-5-2-6-10-12;1-2-3(4)5/h11-12H,1-10H2;1H,(H,4,5). The molecule has 0 bridgehead atoms. The van der Waals surface area contributed by atoms with E-state index in [0.717, 1.165) is 51.4 Å². The van der Waals surface area contributed by atoms with E-state index in [1.54, 1.807) is 0 Å². The molecule has 0 spiro atoms. The van der Waals surface area contributed by atoms with Gasteiger partial charge >= 0.3 is 17.9 Å². The fourth-order valence-electron chi connectivity index (χ4n) is 2.94. The first-order valence-electron chi connectivity index (χ1n) is 7.99. The van der Waals surface area contributed by atoms with Crippen LogP contribution in [0.15, 0.2) is 0 Å². The zero-order valence-electron chi connectivity index (χ0n) is 12.9. The maximum absolute atomic E-state index is 11.8. The lowest BCUT2D eigenvalue weighted by atomic mass is 9.88. The minimum atomic E-state index is -1.22. The van der Waals surface area contributed by atoms with Crippen molar-refractivity contribution in [3.63, 3.8) is 0 Å². The van der Waals surface area contributed by atoms with Crippen LogP contribution >= 0.6 is 0 Å². The number of aliphatic carboxylic acids is 1. The highest BCUT2D eigenvalue weighted by Crippen LogP contribution is 2.27. The number of carbonyl (C=O) groups excluding carboxylic acids is 2. The van der Waals surface area contributed by atoms with E-state index in [0.29, 0.717) is 0 Å². The third-order valence-electron chi connectivity index (χ3n) is 4.20. The lowest BCUT2D eigenvalue weighted by Gasteiger charge is -2.22. The third kappa shape index (κ3) is 6.75. The molecule has 0 aromatic rings. The highest BCUT2D eigenvalue weighted by molar-refractivity contribution is 5.88. The van der Waals surface area contributed by atoms with E-state index in [4.69, 9.17) is 14.6 Å². The molecule has 0 aromatic heterocycles. The van der Waals surface area contributed by atoms with Crippen LogP contribution in [0, 0.1) is 24.2 Å². The maximum atomic E-state index is 11.8. The topological polar surface area (TPSA) is 80.7 Å². The zero-order valence-corrected chi connectivity index (χ0v) is 12.9. The number of hydrogen-bond donors (Lipinski definition) is 1. The lowest BCUT2D eigenvalue weighted by Crippen LogP contribution is -2.28. The summed E-state index contributed by atoms with van der Waals surface area (Å²) in [6.45, 7) is 0. The SMILES string of the molecule is C#CC(=O)O.O=C(OC(=O)C1CCCCC1)C1CCCCC1. The largest absolute Gasteiger partial charge is 0.472 e. The summed E-state index contributed by atoms with van der Waals surface area (Å²) in [4.78, 5) is 32.7. The first-order valence-corrected chi connectivity index (χ1v) is 7.99. The van der Waals surface area contributed by atoms with Gasteiger partial charge in [-0.1, -0.05) is 38.5 Å². The van der Waals surface area contributed by atoms with E-state index >= 15 is 0 Å². The summed E-state index contributed by atoms with van der Waals surface area (Å²) in [5.74, 6) is -0.335. The molecule has 1 N–H and O–H groups in total. The summed E-state index contributed by atoms with van der Waals surface area (Å²) in [7, 11) is 0. The average Bonchev–Trinajstić information content (AvgIpc) is 2.57. The third-order valence-corrected chi connectivity index (χ3v) is 4.20. The summed E-state index contributed by atoms with van der Waals surface area (Å²) in [6, 6.07) is 0. The molecular weight excluding hydrogens is 284 g/mol. The summed E-state index contributed by atoms with van der Waals surface area (Å²) in [5, 5.41) is 7.49. The fourth-order valence-corrected chi connectivity index (χ4v) is 2.94. The summed E-state index contributed by atoms with van der Waals surface area (Å²) in [5.41, 5.74) is 0. The summed E-state index contributed by atoms with van der Waals surface area (Å²) in [6.07, 6.45) is 14.7. The van der Waals surface area contributed by atoms with Crippen molar-refractivity contribution in [2.45, 2.75) is 64.2 Å². The van der Waals surface area contributed by atoms with E-state index < -0.39 is 5.97 Å². The van der Waals surface area contributed by atoms with Crippen LogP contribution in [0.25, 0.3) is 0 Å². The van der Waals surface area contributed by atoms with E-state index in [1.165, 1.54) is 18.8 Å². The van der Waals surface area contributed by atoms with Crippen molar-refractivity contribution in [1.82, 2.24) is 0 Å². The molecule has 122 valence electrons. The second-order valence-corrected chi connectivity index (χ2v) is 5.86. The van der Waals surface area contributed by atoms with Gasteiger partial charge < -0.3 is 9.84 Å². The van der Waals surface area contributed by atoms with Gasteiger partial charge in [-0.15, -0.1) is 6.42 Å². The lowest BCUT2D eigenvalue weighted by molar-refractivity contribution is -0.166.